The Balaban J connectivity index is 2.21. The summed E-state index contributed by atoms with van der Waals surface area (Å²) >= 11 is 1.71. The molecule has 1 heterocycles. The average molecular weight is 231 g/mol. The number of hydrogen-bond donors (Lipinski definition) is 1. The van der Waals surface area contributed by atoms with Crippen molar-refractivity contribution in [2.45, 2.75) is 38.6 Å². The zero-order valence-corrected chi connectivity index (χ0v) is 10.3. The van der Waals surface area contributed by atoms with Crippen LogP contribution in [0.5, 0.6) is 0 Å². The first kappa shape index (κ1) is 12.8. The van der Waals surface area contributed by atoms with E-state index in [4.69, 9.17) is 5.11 Å². The summed E-state index contributed by atoms with van der Waals surface area (Å²) in [4.78, 5) is 13.6. The van der Waals surface area contributed by atoms with Crippen LogP contribution in [0.15, 0.2) is 0 Å². The van der Waals surface area contributed by atoms with E-state index < -0.39 is 0 Å². The van der Waals surface area contributed by atoms with Crippen molar-refractivity contribution in [3.63, 3.8) is 0 Å². The summed E-state index contributed by atoms with van der Waals surface area (Å²) in [5, 5.41) is 9.09. The zero-order chi connectivity index (χ0) is 11.1. The SMILES string of the molecule is CCCCSCC(=O)N1CCCC1CO. The van der Waals surface area contributed by atoms with E-state index in [-0.39, 0.29) is 18.6 Å². The zero-order valence-electron chi connectivity index (χ0n) is 9.45. The van der Waals surface area contributed by atoms with Crippen LogP contribution in [-0.2, 0) is 4.79 Å². The van der Waals surface area contributed by atoms with Crippen LogP contribution >= 0.6 is 11.8 Å². The minimum absolute atomic E-state index is 0.0873. The third-order valence-electron chi connectivity index (χ3n) is 2.78. The Hall–Kier alpha value is -0.220. The Kier molecular flexibility index (Phi) is 6.10. The van der Waals surface area contributed by atoms with Gasteiger partial charge in [-0.2, -0.15) is 11.8 Å². The van der Waals surface area contributed by atoms with E-state index in [0.29, 0.717) is 5.75 Å². The average Bonchev–Trinajstić information content (AvgIpc) is 2.72. The Morgan fingerprint density at radius 1 is 1.60 bits per heavy atom. The van der Waals surface area contributed by atoms with Crippen molar-refractivity contribution in [3.05, 3.63) is 0 Å². The van der Waals surface area contributed by atoms with Crippen molar-refractivity contribution in [1.82, 2.24) is 4.90 Å². The van der Waals surface area contributed by atoms with E-state index in [9.17, 15) is 4.79 Å². The van der Waals surface area contributed by atoms with Crippen LogP contribution < -0.4 is 0 Å². The molecule has 15 heavy (non-hydrogen) atoms. The van der Waals surface area contributed by atoms with Gasteiger partial charge in [-0.25, -0.2) is 0 Å². The maximum Gasteiger partial charge on any atom is 0.232 e. The van der Waals surface area contributed by atoms with E-state index in [0.717, 1.165) is 25.1 Å². The molecule has 1 amide bonds. The van der Waals surface area contributed by atoms with Gasteiger partial charge in [-0.1, -0.05) is 13.3 Å². The smallest absolute Gasteiger partial charge is 0.232 e. The van der Waals surface area contributed by atoms with E-state index in [2.05, 4.69) is 6.92 Å². The van der Waals surface area contributed by atoms with Crippen molar-refractivity contribution in [2.75, 3.05) is 24.7 Å². The first-order chi connectivity index (χ1) is 7.29. The maximum absolute atomic E-state index is 11.8. The third-order valence-corrected chi connectivity index (χ3v) is 3.80. The number of rotatable bonds is 6. The van der Waals surface area contributed by atoms with Gasteiger partial charge in [0.05, 0.1) is 18.4 Å². The molecule has 0 aromatic rings. The Labute approximate surface area is 96.2 Å². The molecule has 0 saturated carbocycles. The normalized spacial score (nSPS) is 20.9. The molecule has 1 N–H and O–H groups in total. The fourth-order valence-corrected chi connectivity index (χ4v) is 2.82. The van der Waals surface area contributed by atoms with E-state index in [1.54, 1.807) is 11.8 Å². The second kappa shape index (κ2) is 7.12. The summed E-state index contributed by atoms with van der Waals surface area (Å²) in [7, 11) is 0. The molecular formula is C11H21NO2S. The highest BCUT2D eigenvalue weighted by atomic mass is 32.2. The first-order valence-electron chi connectivity index (χ1n) is 5.77. The van der Waals surface area contributed by atoms with Crippen LogP contribution in [0.25, 0.3) is 0 Å². The van der Waals surface area contributed by atoms with E-state index in [1.807, 2.05) is 4.90 Å². The van der Waals surface area contributed by atoms with Crippen LogP contribution in [0, 0.1) is 0 Å². The topological polar surface area (TPSA) is 40.5 Å². The van der Waals surface area contributed by atoms with Crippen molar-refractivity contribution in [3.8, 4) is 0 Å². The number of hydrogen-bond acceptors (Lipinski definition) is 3. The highest BCUT2D eigenvalue weighted by Gasteiger charge is 2.27. The van der Waals surface area contributed by atoms with Crippen LogP contribution in [0.4, 0.5) is 0 Å². The minimum atomic E-state index is 0.0873. The summed E-state index contributed by atoms with van der Waals surface area (Å²) in [6.07, 6.45) is 4.37. The second-order valence-corrected chi connectivity index (χ2v) is 5.08. The summed E-state index contributed by atoms with van der Waals surface area (Å²) < 4.78 is 0. The highest BCUT2D eigenvalue weighted by molar-refractivity contribution is 7.99. The third kappa shape index (κ3) is 4.03. The maximum atomic E-state index is 11.8. The molecule has 1 aliphatic heterocycles. The summed E-state index contributed by atoms with van der Waals surface area (Å²) in [6.45, 7) is 3.11. The number of aliphatic hydroxyl groups excluding tert-OH is 1. The molecule has 1 atom stereocenters. The first-order valence-corrected chi connectivity index (χ1v) is 6.93. The van der Waals surface area contributed by atoms with Gasteiger partial charge in [0, 0.05) is 6.54 Å². The van der Waals surface area contributed by atoms with Crippen molar-refractivity contribution >= 4 is 17.7 Å². The van der Waals surface area contributed by atoms with Crippen molar-refractivity contribution in [1.29, 1.82) is 0 Å². The molecule has 1 fully saturated rings. The molecular weight excluding hydrogens is 210 g/mol. The predicted octanol–water partition coefficient (Wildman–Crippen LogP) is 1.50. The fourth-order valence-electron chi connectivity index (χ4n) is 1.84. The van der Waals surface area contributed by atoms with Crippen LogP contribution in [-0.4, -0.2) is 46.6 Å². The molecule has 4 heteroatoms. The molecule has 0 aliphatic carbocycles. The monoisotopic (exact) mass is 231 g/mol. The molecule has 0 spiro atoms. The lowest BCUT2D eigenvalue weighted by Crippen LogP contribution is -2.38. The number of thioether (sulfide) groups is 1. The highest BCUT2D eigenvalue weighted by Crippen LogP contribution is 2.18. The second-order valence-electron chi connectivity index (χ2n) is 3.97. The number of carbonyl (C=O) groups is 1. The summed E-state index contributed by atoms with van der Waals surface area (Å²) in [5.74, 6) is 1.85. The van der Waals surface area contributed by atoms with Gasteiger partial charge >= 0.3 is 0 Å². The molecule has 0 aromatic carbocycles. The molecule has 1 unspecified atom stereocenters. The lowest BCUT2D eigenvalue weighted by atomic mass is 10.2. The molecule has 0 aromatic heterocycles. The minimum Gasteiger partial charge on any atom is -0.394 e. The quantitative estimate of drug-likeness (QED) is 0.704. The lowest BCUT2D eigenvalue weighted by molar-refractivity contribution is -0.129. The van der Waals surface area contributed by atoms with Gasteiger partial charge in [-0.15, -0.1) is 0 Å². The fraction of sp³-hybridized carbons (Fsp3) is 0.909. The number of aliphatic hydroxyl groups is 1. The number of nitrogens with zero attached hydrogens (tertiary/aromatic N) is 1. The van der Waals surface area contributed by atoms with Gasteiger partial charge in [0.15, 0.2) is 0 Å². The van der Waals surface area contributed by atoms with Crippen LogP contribution in [0.1, 0.15) is 32.6 Å². The van der Waals surface area contributed by atoms with Crippen LogP contribution in [0.2, 0.25) is 0 Å². The Morgan fingerprint density at radius 3 is 3.07 bits per heavy atom. The Morgan fingerprint density at radius 2 is 2.40 bits per heavy atom. The van der Waals surface area contributed by atoms with Gasteiger partial charge in [-0.05, 0) is 25.0 Å². The Bertz CT molecular complexity index is 199. The number of amides is 1. The molecule has 88 valence electrons. The van der Waals surface area contributed by atoms with Gasteiger partial charge < -0.3 is 10.0 Å². The lowest BCUT2D eigenvalue weighted by Gasteiger charge is -2.22. The van der Waals surface area contributed by atoms with Gasteiger partial charge in [0.1, 0.15) is 0 Å². The number of likely N-dealkylation sites (tertiary alicyclic amines) is 1. The van der Waals surface area contributed by atoms with Crippen LogP contribution in [0.3, 0.4) is 0 Å². The van der Waals surface area contributed by atoms with E-state index >= 15 is 0 Å². The molecule has 0 radical (unpaired) electrons. The molecule has 1 aliphatic rings. The van der Waals surface area contributed by atoms with Gasteiger partial charge in [-0.3, -0.25) is 4.79 Å². The van der Waals surface area contributed by atoms with E-state index in [1.165, 1.54) is 12.8 Å². The number of carbonyl (C=O) groups excluding carboxylic acids is 1. The molecule has 0 bridgehead atoms. The van der Waals surface area contributed by atoms with Crippen molar-refractivity contribution in [2.24, 2.45) is 0 Å². The van der Waals surface area contributed by atoms with Gasteiger partial charge in [0.25, 0.3) is 0 Å². The predicted molar refractivity (Wildman–Crippen MR) is 64.1 cm³/mol. The largest absolute Gasteiger partial charge is 0.394 e. The number of unbranched alkanes of at least 4 members (excludes halogenated alkanes) is 1. The van der Waals surface area contributed by atoms with Crippen molar-refractivity contribution < 1.29 is 9.90 Å². The standard InChI is InChI=1S/C11H21NO2S/c1-2-3-7-15-9-11(14)12-6-4-5-10(12)8-13/h10,13H,2-9H2,1H3. The molecule has 1 saturated heterocycles. The summed E-state index contributed by atoms with van der Waals surface area (Å²) in [5.41, 5.74) is 0. The molecule has 1 rings (SSSR count). The molecule has 3 nitrogen and oxygen atoms in total. The van der Waals surface area contributed by atoms with Gasteiger partial charge in [0.2, 0.25) is 5.91 Å². The summed E-state index contributed by atoms with van der Waals surface area (Å²) in [6, 6.07) is 0.0873.